The summed E-state index contributed by atoms with van der Waals surface area (Å²) in [6.07, 6.45) is 0. The molecule has 6 aromatic rings. The van der Waals surface area contributed by atoms with Crippen molar-refractivity contribution in [1.29, 1.82) is 0 Å². The molecule has 0 radical (unpaired) electrons. The number of phenolic OH excluding ortho intramolecular Hbond substituents is 2. The van der Waals surface area contributed by atoms with Gasteiger partial charge in [-0.1, -0.05) is 48.5 Å². The van der Waals surface area contributed by atoms with Crippen molar-refractivity contribution in [3.05, 3.63) is 120 Å². The van der Waals surface area contributed by atoms with Gasteiger partial charge in [-0.25, -0.2) is 0 Å². The van der Waals surface area contributed by atoms with Gasteiger partial charge in [-0.3, -0.25) is 9.59 Å². The van der Waals surface area contributed by atoms with E-state index in [1.807, 2.05) is 48.5 Å². The Balaban J connectivity index is 1.24. The van der Waals surface area contributed by atoms with Crippen molar-refractivity contribution in [1.82, 2.24) is 0 Å². The van der Waals surface area contributed by atoms with Crippen LogP contribution in [0.4, 0.5) is 11.4 Å². The Morgan fingerprint density at radius 3 is 1.25 bits per heavy atom. The van der Waals surface area contributed by atoms with E-state index in [-0.39, 0.29) is 22.6 Å². The summed E-state index contributed by atoms with van der Waals surface area (Å²) in [5, 5.41) is 29.9. The zero-order valence-electron chi connectivity index (χ0n) is 23.9. The smallest absolute Gasteiger partial charge is 0.259 e. The van der Waals surface area contributed by atoms with Crippen LogP contribution in [0.2, 0.25) is 0 Å². The van der Waals surface area contributed by atoms with Gasteiger partial charge >= 0.3 is 0 Å². The SMILES string of the molecule is COc1cc(NC(=O)c2cc3ccccc3cc2O)ccc1-c1ccc(NC(=O)c2cc3ccccc3cc2O)cc1OC. The maximum atomic E-state index is 13.1. The van der Waals surface area contributed by atoms with Crippen LogP contribution in [0, 0.1) is 0 Å². The second kappa shape index (κ2) is 11.7. The molecule has 6 aromatic carbocycles. The number of hydrogen-bond acceptors (Lipinski definition) is 6. The minimum absolute atomic E-state index is 0.113. The lowest BCUT2D eigenvalue weighted by Gasteiger charge is -2.16. The summed E-state index contributed by atoms with van der Waals surface area (Å²) in [4.78, 5) is 26.1. The van der Waals surface area contributed by atoms with Gasteiger partial charge in [0.1, 0.15) is 23.0 Å². The topological polar surface area (TPSA) is 117 Å². The van der Waals surface area contributed by atoms with Crippen molar-refractivity contribution in [3.8, 4) is 34.1 Å². The summed E-state index contributed by atoms with van der Waals surface area (Å²) in [5.41, 5.74) is 2.65. The van der Waals surface area contributed by atoms with Gasteiger partial charge in [0.15, 0.2) is 0 Å². The van der Waals surface area contributed by atoms with E-state index in [1.54, 1.807) is 60.7 Å². The van der Waals surface area contributed by atoms with E-state index in [9.17, 15) is 19.8 Å². The van der Waals surface area contributed by atoms with E-state index in [0.717, 1.165) is 21.5 Å². The Hall–Kier alpha value is -6.02. The van der Waals surface area contributed by atoms with Crippen molar-refractivity contribution in [3.63, 3.8) is 0 Å². The number of amides is 2. The van der Waals surface area contributed by atoms with Gasteiger partial charge in [-0.2, -0.15) is 0 Å². The lowest BCUT2D eigenvalue weighted by atomic mass is 10.0. The summed E-state index contributed by atoms with van der Waals surface area (Å²) in [5.74, 6) is -0.199. The van der Waals surface area contributed by atoms with Crippen LogP contribution in [-0.4, -0.2) is 36.2 Å². The highest BCUT2D eigenvalue weighted by Gasteiger charge is 2.18. The molecule has 0 saturated carbocycles. The number of methoxy groups -OCH3 is 2. The standard InChI is InChI=1S/C36H28N2O6/c1-43-33-19-25(37-35(41)29-15-21-7-3-5-9-23(21)17-31(29)39)11-13-27(33)28-14-12-26(20-34(28)44-2)38-36(42)30-16-22-8-4-6-10-24(22)18-32(30)40/h3-20,39-40H,1-2H3,(H,37,41)(H,38,42). The molecular formula is C36H28N2O6. The summed E-state index contributed by atoms with van der Waals surface area (Å²) in [6.45, 7) is 0. The molecule has 8 nitrogen and oxygen atoms in total. The molecule has 218 valence electrons. The number of phenols is 2. The number of nitrogens with one attached hydrogen (secondary N) is 2. The van der Waals surface area contributed by atoms with Crippen LogP contribution in [-0.2, 0) is 0 Å². The van der Waals surface area contributed by atoms with Crippen LogP contribution in [0.3, 0.4) is 0 Å². The molecule has 0 unspecified atom stereocenters. The predicted molar refractivity (Wildman–Crippen MR) is 172 cm³/mol. The Kier molecular flexibility index (Phi) is 7.47. The summed E-state index contributed by atoms with van der Waals surface area (Å²) < 4.78 is 11.3. The van der Waals surface area contributed by atoms with Gasteiger partial charge in [-0.05, 0) is 70.1 Å². The molecule has 0 atom stereocenters. The molecule has 44 heavy (non-hydrogen) atoms. The second-order valence-corrected chi connectivity index (χ2v) is 10.2. The maximum Gasteiger partial charge on any atom is 0.259 e. The average molecular weight is 585 g/mol. The first-order chi connectivity index (χ1) is 21.3. The van der Waals surface area contributed by atoms with E-state index >= 15 is 0 Å². The quantitative estimate of drug-likeness (QED) is 0.154. The lowest BCUT2D eigenvalue weighted by molar-refractivity contribution is 0.101. The molecule has 4 N–H and O–H groups in total. The fraction of sp³-hybridized carbons (Fsp3) is 0.0556. The number of anilines is 2. The van der Waals surface area contributed by atoms with E-state index in [2.05, 4.69) is 10.6 Å². The first kappa shape index (κ1) is 28.1. The third-order valence-corrected chi connectivity index (χ3v) is 7.43. The summed E-state index contributed by atoms with van der Waals surface area (Å²) >= 11 is 0. The van der Waals surface area contributed by atoms with Crippen LogP contribution in [0.25, 0.3) is 32.7 Å². The number of rotatable bonds is 7. The number of carbonyl (C=O) groups excluding carboxylic acids is 2. The zero-order valence-corrected chi connectivity index (χ0v) is 23.9. The van der Waals surface area contributed by atoms with Gasteiger partial charge in [0, 0.05) is 34.6 Å². The maximum absolute atomic E-state index is 13.1. The van der Waals surface area contributed by atoms with E-state index in [0.29, 0.717) is 34.0 Å². The lowest BCUT2D eigenvalue weighted by Crippen LogP contribution is -2.12. The molecule has 0 fully saturated rings. The van der Waals surface area contributed by atoms with Crippen LogP contribution < -0.4 is 20.1 Å². The van der Waals surface area contributed by atoms with Gasteiger partial charge in [0.25, 0.3) is 11.8 Å². The normalized spacial score (nSPS) is 10.9. The third kappa shape index (κ3) is 5.44. The van der Waals surface area contributed by atoms with Crippen LogP contribution in [0.5, 0.6) is 23.0 Å². The number of fused-ring (bicyclic) bond motifs is 2. The number of benzene rings is 6. The molecule has 0 spiro atoms. The Morgan fingerprint density at radius 1 is 0.523 bits per heavy atom. The van der Waals surface area contributed by atoms with Gasteiger partial charge in [0.2, 0.25) is 0 Å². The Bertz CT molecular complexity index is 1920. The van der Waals surface area contributed by atoms with Crippen molar-refractivity contribution in [2.45, 2.75) is 0 Å². The van der Waals surface area contributed by atoms with Crippen molar-refractivity contribution < 1.29 is 29.3 Å². The molecular weight excluding hydrogens is 556 g/mol. The first-order valence-electron chi connectivity index (χ1n) is 13.8. The summed E-state index contributed by atoms with van der Waals surface area (Å²) in [7, 11) is 3.05. The molecule has 0 bridgehead atoms. The second-order valence-electron chi connectivity index (χ2n) is 10.2. The predicted octanol–water partition coefficient (Wildman–Crippen LogP) is 7.59. The molecule has 2 amide bonds. The minimum Gasteiger partial charge on any atom is -0.507 e. The molecule has 6 rings (SSSR count). The number of ether oxygens (including phenoxy) is 2. The van der Waals surface area contributed by atoms with Crippen molar-refractivity contribution in [2.24, 2.45) is 0 Å². The molecule has 0 aliphatic carbocycles. The van der Waals surface area contributed by atoms with Crippen LogP contribution >= 0.6 is 0 Å². The van der Waals surface area contributed by atoms with Crippen LogP contribution in [0.15, 0.2) is 109 Å². The fourth-order valence-corrected chi connectivity index (χ4v) is 5.20. The largest absolute Gasteiger partial charge is 0.507 e. The van der Waals surface area contributed by atoms with Gasteiger partial charge in [0.05, 0.1) is 25.3 Å². The van der Waals surface area contributed by atoms with E-state index < -0.39 is 11.8 Å². The zero-order chi connectivity index (χ0) is 30.8. The highest BCUT2D eigenvalue weighted by Crippen LogP contribution is 2.39. The highest BCUT2D eigenvalue weighted by molar-refractivity contribution is 6.10. The Labute approximate surface area is 253 Å². The molecule has 0 heterocycles. The number of aromatic hydroxyl groups is 2. The highest BCUT2D eigenvalue weighted by atomic mass is 16.5. The van der Waals surface area contributed by atoms with Crippen molar-refractivity contribution in [2.75, 3.05) is 24.9 Å². The third-order valence-electron chi connectivity index (χ3n) is 7.43. The number of carbonyl (C=O) groups is 2. The van der Waals surface area contributed by atoms with Gasteiger partial charge in [-0.15, -0.1) is 0 Å². The fourth-order valence-electron chi connectivity index (χ4n) is 5.20. The van der Waals surface area contributed by atoms with E-state index in [4.69, 9.17) is 9.47 Å². The van der Waals surface area contributed by atoms with E-state index in [1.165, 1.54) is 14.2 Å². The monoisotopic (exact) mass is 584 g/mol. The first-order valence-corrected chi connectivity index (χ1v) is 13.8. The molecule has 0 saturated heterocycles. The molecule has 0 aromatic heterocycles. The van der Waals surface area contributed by atoms with Gasteiger partial charge < -0.3 is 30.3 Å². The number of hydrogen-bond donors (Lipinski definition) is 4. The molecule has 8 heteroatoms. The molecule has 0 aliphatic rings. The van der Waals surface area contributed by atoms with Crippen molar-refractivity contribution >= 4 is 44.7 Å². The molecule has 0 aliphatic heterocycles. The minimum atomic E-state index is -0.460. The van der Waals surface area contributed by atoms with Crippen LogP contribution in [0.1, 0.15) is 20.7 Å². The average Bonchev–Trinajstić information content (AvgIpc) is 3.04. The Morgan fingerprint density at radius 2 is 0.886 bits per heavy atom. The summed E-state index contributed by atoms with van der Waals surface area (Å²) in [6, 6.07) is 31.8.